The summed E-state index contributed by atoms with van der Waals surface area (Å²) in [6, 6.07) is 10.8. The van der Waals surface area contributed by atoms with Gasteiger partial charge in [-0.25, -0.2) is 9.67 Å². The molecular weight excluding hydrogens is 342 g/mol. The second-order valence-electron chi connectivity index (χ2n) is 6.97. The average Bonchev–Trinajstić information content (AvgIpc) is 3.00. The second-order valence-corrected chi connectivity index (χ2v) is 6.97. The van der Waals surface area contributed by atoms with Crippen LogP contribution in [0.1, 0.15) is 46.3 Å². The number of carbonyl (C=O) groups is 2. The summed E-state index contributed by atoms with van der Waals surface area (Å²) in [4.78, 5) is 30.9. The van der Waals surface area contributed by atoms with Gasteiger partial charge in [-0.05, 0) is 45.0 Å². The third-order valence-electron chi connectivity index (χ3n) is 4.21. The number of amides is 2. The van der Waals surface area contributed by atoms with Crippen molar-refractivity contribution in [3.8, 4) is 0 Å². The van der Waals surface area contributed by atoms with Crippen molar-refractivity contribution in [2.45, 2.75) is 26.8 Å². The fourth-order valence-electron chi connectivity index (χ4n) is 2.71. The lowest BCUT2D eigenvalue weighted by molar-refractivity contribution is 0.0822. The number of hydrogen-bond donors (Lipinski definition) is 1. The molecule has 2 aromatic heterocycles. The van der Waals surface area contributed by atoms with E-state index < -0.39 is 0 Å². The molecule has 7 nitrogen and oxygen atoms in total. The zero-order valence-electron chi connectivity index (χ0n) is 16.1. The van der Waals surface area contributed by atoms with Crippen molar-refractivity contribution >= 4 is 28.7 Å². The fraction of sp³-hybridized carbons (Fsp3) is 0.300. The summed E-state index contributed by atoms with van der Waals surface area (Å²) in [5.41, 5.74) is 2.57. The average molecular weight is 365 g/mol. The molecule has 0 spiro atoms. The Morgan fingerprint density at radius 3 is 2.33 bits per heavy atom. The molecule has 0 radical (unpaired) electrons. The number of benzene rings is 1. The summed E-state index contributed by atoms with van der Waals surface area (Å²) in [7, 11) is 3.37. The lowest BCUT2D eigenvalue weighted by atomic mass is 10.1. The van der Waals surface area contributed by atoms with Gasteiger partial charge in [-0.3, -0.25) is 9.59 Å². The number of carbonyl (C=O) groups excluding carboxylic acids is 2. The van der Waals surface area contributed by atoms with Crippen molar-refractivity contribution < 1.29 is 9.59 Å². The van der Waals surface area contributed by atoms with Gasteiger partial charge in [0.2, 0.25) is 0 Å². The van der Waals surface area contributed by atoms with Gasteiger partial charge in [0.05, 0.1) is 5.39 Å². The Balaban J connectivity index is 1.99. The summed E-state index contributed by atoms with van der Waals surface area (Å²) >= 11 is 0. The van der Waals surface area contributed by atoms with E-state index in [9.17, 15) is 9.59 Å². The Kier molecular flexibility index (Phi) is 4.94. The van der Waals surface area contributed by atoms with Crippen LogP contribution in [-0.4, -0.2) is 45.6 Å². The van der Waals surface area contributed by atoms with Gasteiger partial charge in [0.1, 0.15) is 5.82 Å². The first-order chi connectivity index (χ1) is 12.8. The van der Waals surface area contributed by atoms with E-state index in [-0.39, 0.29) is 17.9 Å². The first-order valence-electron chi connectivity index (χ1n) is 8.77. The molecular formula is C20H23N5O2. The Hall–Kier alpha value is -3.22. The van der Waals surface area contributed by atoms with E-state index in [0.717, 1.165) is 5.56 Å². The highest BCUT2D eigenvalue weighted by molar-refractivity contribution is 6.06. The van der Waals surface area contributed by atoms with E-state index in [1.807, 2.05) is 32.9 Å². The molecule has 27 heavy (non-hydrogen) atoms. The summed E-state index contributed by atoms with van der Waals surface area (Å²) in [5, 5.41) is 7.92. The van der Waals surface area contributed by atoms with E-state index >= 15 is 0 Å². The van der Waals surface area contributed by atoms with Crippen LogP contribution in [0.3, 0.4) is 0 Å². The Morgan fingerprint density at radius 2 is 1.74 bits per heavy atom. The van der Waals surface area contributed by atoms with Crippen molar-refractivity contribution in [1.82, 2.24) is 19.7 Å². The highest BCUT2D eigenvalue weighted by Gasteiger charge is 2.21. The van der Waals surface area contributed by atoms with Crippen LogP contribution in [-0.2, 0) is 0 Å². The van der Waals surface area contributed by atoms with Crippen molar-refractivity contribution in [2.75, 3.05) is 19.4 Å². The monoisotopic (exact) mass is 365 g/mol. The number of aryl methyl sites for hydroxylation is 1. The van der Waals surface area contributed by atoms with Gasteiger partial charge in [0.15, 0.2) is 11.3 Å². The molecule has 0 saturated heterocycles. The van der Waals surface area contributed by atoms with E-state index in [4.69, 9.17) is 0 Å². The van der Waals surface area contributed by atoms with Crippen LogP contribution in [0.15, 0.2) is 36.4 Å². The maximum atomic E-state index is 12.4. The van der Waals surface area contributed by atoms with Crippen LogP contribution in [0.5, 0.6) is 0 Å². The smallest absolute Gasteiger partial charge is 0.274 e. The lowest BCUT2D eigenvalue weighted by Crippen LogP contribution is -2.22. The van der Waals surface area contributed by atoms with Gasteiger partial charge >= 0.3 is 0 Å². The highest BCUT2D eigenvalue weighted by Crippen LogP contribution is 2.23. The molecule has 2 amide bonds. The molecule has 1 aromatic carbocycles. The number of aromatic nitrogens is 3. The molecule has 0 atom stereocenters. The molecule has 140 valence electrons. The second kappa shape index (κ2) is 7.19. The third kappa shape index (κ3) is 3.67. The summed E-state index contributed by atoms with van der Waals surface area (Å²) in [5.74, 6) is -0.00146. The van der Waals surface area contributed by atoms with Gasteiger partial charge in [-0.2, -0.15) is 5.10 Å². The van der Waals surface area contributed by atoms with Gasteiger partial charge in [-0.15, -0.1) is 0 Å². The molecule has 2 heterocycles. The summed E-state index contributed by atoms with van der Waals surface area (Å²) in [6.07, 6.45) is 0. The molecule has 0 aliphatic heterocycles. The Morgan fingerprint density at radius 1 is 1.07 bits per heavy atom. The van der Waals surface area contributed by atoms with Crippen LogP contribution >= 0.6 is 0 Å². The fourth-order valence-corrected chi connectivity index (χ4v) is 2.71. The highest BCUT2D eigenvalue weighted by atomic mass is 16.2. The number of fused-ring (bicyclic) bond motifs is 1. The number of rotatable bonds is 4. The Bertz CT molecular complexity index is 1000. The normalized spacial score (nSPS) is 11.0. The van der Waals surface area contributed by atoms with Gasteiger partial charge < -0.3 is 10.2 Å². The number of pyridine rings is 1. The molecule has 7 heteroatoms. The van der Waals surface area contributed by atoms with Crippen LogP contribution in [0.4, 0.5) is 5.82 Å². The molecule has 0 aliphatic rings. The maximum Gasteiger partial charge on any atom is 0.274 e. The van der Waals surface area contributed by atoms with Crippen molar-refractivity contribution in [3.63, 3.8) is 0 Å². The molecule has 3 aromatic rings. The van der Waals surface area contributed by atoms with Crippen molar-refractivity contribution in [1.29, 1.82) is 0 Å². The molecule has 1 N–H and O–H groups in total. The minimum atomic E-state index is -0.234. The molecule has 3 rings (SSSR count). The van der Waals surface area contributed by atoms with Crippen LogP contribution in [0.2, 0.25) is 0 Å². The van der Waals surface area contributed by atoms with Gasteiger partial charge in [0, 0.05) is 25.7 Å². The zero-order chi connectivity index (χ0) is 19.7. The largest absolute Gasteiger partial charge is 0.343 e. The number of nitrogens with zero attached hydrogens (tertiary/aromatic N) is 4. The lowest BCUT2D eigenvalue weighted by Gasteiger charge is -2.08. The van der Waals surface area contributed by atoms with Gasteiger partial charge in [0.25, 0.3) is 11.8 Å². The number of hydrogen-bond acceptors (Lipinski definition) is 4. The van der Waals surface area contributed by atoms with Crippen molar-refractivity contribution in [2.24, 2.45) is 0 Å². The molecule has 0 aliphatic carbocycles. The van der Waals surface area contributed by atoms with E-state index in [1.54, 1.807) is 43.0 Å². The first kappa shape index (κ1) is 18.6. The van der Waals surface area contributed by atoms with Crippen LogP contribution < -0.4 is 5.32 Å². The van der Waals surface area contributed by atoms with Crippen LogP contribution in [0, 0.1) is 6.92 Å². The SMILES string of the molecule is Cc1ccc(C(=O)Nc2ccc3c(C(=O)N(C)C)nn(C(C)C)c3n2)cc1. The van der Waals surface area contributed by atoms with E-state index in [1.165, 1.54) is 4.90 Å². The molecule has 0 unspecified atom stereocenters. The third-order valence-corrected chi connectivity index (χ3v) is 4.21. The zero-order valence-corrected chi connectivity index (χ0v) is 16.1. The molecule has 0 fully saturated rings. The molecule has 0 bridgehead atoms. The summed E-state index contributed by atoms with van der Waals surface area (Å²) in [6.45, 7) is 5.90. The minimum Gasteiger partial charge on any atom is -0.343 e. The maximum absolute atomic E-state index is 12.4. The first-order valence-corrected chi connectivity index (χ1v) is 8.77. The quantitative estimate of drug-likeness (QED) is 0.769. The van der Waals surface area contributed by atoms with Crippen molar-refractivity contribution in [3.05, 3.63) is 53.2 Å². The minimum absolute atomic E-state index is 0.0202. The summed E-state index contributed by atoms with van der Waals surface area (Å²) < 4.78 is 1.70. The standard InChI is InChI=1S/C20H23N5O2/c1-12(2)25-18-15(17(23-25)20(27)24(4)5)10-11-16(21-18)22-19(26)14-8-6-13(3)7-9-14/h6-12H,1-5H3,(H,21,22,26). The predicted octanol–water partition coefficient (Wildman–Crippen LogP) is 3.27. The Labute approximate surface area is 158 Å². The van der Waals surface area contributed by atoms with Crippen LogP contribution in [0.25, 0.3) is 11.0 Å². The van der Waals surface area contributed by atoms with E-state index in [2.05, 4.69) is 15.4 Å². The number of nitrogens with one attached hydrogen (secondary N) is 1. The van der Waals surface area contributed by atoms with E-state index in [0.29, 0.717) is 28.1 Å². The van der Waals surface area contributed by atoms with Gasteiger partial charge in [-0.1, -0.05) is 17.7 Å². The number of anilines is 1. The predicted molar refractivity (Wildman–Crippen MR) is 105 cm³/mol. The topological polar surface area (TPSA) is 80.1 Å². The molecule has 0 saturated carbocycles.